The smallest absolute Gasteiger partial charge is 0.00256 e. The van der Waals surface area contributed by atoms with E-state index >= 15 is 0 Å². The largest absolute Gasteiger partial charge is 0.0993 e. The molecule has 0 nitrogen and oxygen atoms in total. The van der Waals surface area contributed by atoms with E-state index in [1.54, 1.807) is 0 Å². The predicted octanol–water partition coefficient (Wildman–Crippen LogP) is 4.89. The van der Waals surface area contributed by atoms with Gasteiger partial charge in [-0.25, -0.2) is 0 Å². The summed E-state index contributed by atoms with van der Waals surface area (Å²) in [4.78, 5) is 0. The quantitative estimate of drug-likeness (QED) is 0.572. The summed E-state index contributed by atoms with van der Waals surface area (Å²) in [5.74, 6) is 1.42. The van der Waals surface area contributed by atoms with Gasteiger partial charge in [-0.15, -0.1) is 0 Å². The van der Waals surface area contributed by atoms with Crippen molar-refractivity contribution in [2.75, 3.05) is 0 Å². The second-order valence-corrected chi connectivity index (χ2v) is 5.02. The van der Waals surface area contributed by atoms with Crippen molar-refractivity contribution in [1.82, 2.24) is 0 Å². The lowest BCUT2D eigenvalue weighted by Gasteiger charge is -2.22. The van der Waals surface area contributed by atoms with Crippen LogP contribution in [-0.2, 0) is 0 Å². The molecule has 84 valence electrons. The van der Waals surface area contributed by atoms with Gasteiger partial charge >= 0.3 is 0 Å². The highest BCUT2D eigenvalue weighted by Gasteiger charge is 2.14. The highest BCUT2D eigenvalue weighted by molar-refractivity contribution is 5.13. The van der Waals surface area contributed by atoms with Crippen LogP contribution >= 0.6 is 0 Å². The topological polar surface area (TPSA) is 0 Å². The van der Waals surface area contributed by atoms with Crippen LogP contribution in [0.1, 0.15) is 46.5 Å². The van der Waals surface area contributed by atoms with Crippen LogP contribution in [0.2, 0.25) is 0 Å². The van der Waals surface area contributed by atoms with Gasteiger partial charge in [-0.3, -0.25) is 0 Å². The summed E-state index contributed by atoms with van der Waals surface area (Å²) in [5, 5.41) is 0. The zero-order valence-corrected chi connectivity index (χ0v) is 10.4. The minimum Gasteiger partial charge on any atom is -0.0993 e. The van der Waals surface area contributed by atoms with Crippen molar-refractivity contribution < 1.29 is 0 Å². The molecule has 0 bridgehead atoms. The Morgan fingerprint density at radius 2 is 2.07 bits per heavy atom. The van der Waals surface area contributed by atoms with Gasteiger partial charge in [-0.05, 0) is 51.4 Å². The van der Waals surface area contributed by atoms with Crippen molar-refractivity contribution in [3.63, 3.8) is 0 Å². The summed E-state index contributed by atoms with van der Waals surface area (Å²) in [6, 6.07) is 0. The van der Waals surface area contributed by atoms with Crippen LogP contribution in [0.4, 0.5) is 0 Å². The van der Waals surface area contributed by atoms with Crippen molar-refractivity contribution in [3.8, 4) is 0 Å². The van der Waals surface area contributed by atoms with E-state index in [2.05, 4.69) is 45.6 Å². The molecule has 0 aromatic heterocycles. The molecule has 1 aliphatic carbocycles. The molecular formula is C15H24. The Labute approximate surface area is 94.8 Å². The molecule has 0 aromatic rings. The van der Waals surface area contributed by atoms with Crippen molar-refractivity contribution in [2.24, 2.45) is 11.8 Å². The van der Waals surface area contributed by atoms with Gasteiger partial charge in [0, 0.05) is 0 Å². The standard InChI is InChI=1S/C15H24/c1-12(2)6-5-7-14(4)15-10-8-13(3)9-11-15/h6,8,10,13,15H,4-5,7,9,11H2,1-3H3/t13-,15-/m0/s1. The number of allylic oxidation sites excluding steroid dienone is 5. The molecule has 0 unspecified atom stereocenters. The molecule has 0 heteroatoms. The van der Waals surface area contributed by atoms with Crippen molar-refractivity contribution in [1.29, 1.82) is 0 Å². The summed E-state index contributed by atoms with van der Waals surface area (Å²) >= 11 is 0. The first-order valence-corrected chi connectivity index (χ1v) is 6.09. The van der Waals surface area contributed by atoms with E-state index in [0.717, 1.165) is 18.8 Å². The van der Waals surface area contributed by atoms with Crippen LogP contribution in [0.25, 0.3) is 0 Å². The van der Waals surface area contributed by atoms with E-state index in [4.69, 9.17) is 0 Å². The summed E-state index contributed by atoms with van der Waals surface area (Å²) in [5.41, 5.74) is 2.83. The fourth-order valence-electron chi connectivity index (χ4n) is 2.03. The summed E-state index contributed by atoms with van der Waals surface area (Å²) in [6.07, 6.45) is 11.9. The Bertz CT molecular complexity index is 264. The molecule has 1 rings (SSSR count). The second-order valence-electron chi connectivity index (χ2n) is 5.02. The van der Waals surface area contributed by atoms with E-state index in [1.165, 1.54) is 24.0 Å². The molecule has 0 saturated heterocycles. The molecule has 0 fully saturated rings. The third-order valence-corrected chi connectivity index (χ3v) is 3.15. The minimum atomic E-state index is 0.645. The van der Waals surface area contributed by atoms with Gasteiger partial charge in [-0.1, -0.05) is 42.9 Å². The first kappa shape index (κ1) is 12.3. The van der Waals surface area contributed by atoms with Gasteiger partial charge < -0.3 is 0 Å². The van der Waals surface area contributed by atoms with Gasteiger partial charge in [0.1, 0.15) is 0 Å². The predicted molar refractivity (Wildman–Crippen MR) is 68.8 cm³/mol. The average molecular weight is 204 g/mol. The molecule has 0 spiro atoms. The zero-order chi connectivity index (χ0) is 11.3. The van der Waals surface area contributed by atoms with E-state index in [-0.39, 0.29) is 0 Å². The molecular weight excluding hydrogens is 180 g/mol. The highest BCUT2D eigenvalue weighted by atomic mass is 14.2. The van der Waals surface area contributed by atoms with Crippen LogP contribution in [0.3, 0.4) is 0 Å². The Morgan fingerprint density at radius 3 is 2.60 bits per heavy atom. The molecule has 0 radical (unpaired) electrons. The third-order valence-electron chi connectivity index (χ3n) is 3.15. The van der Waals surface area contributed by atoms with E-state index in [9.17, 15) is 0 Å². The van der Waals surface area contributed by atoms with Gasteiger partial charge in [0.15, 0.2) is 0 Å². The normalized spacial score (nSPS) is 25.0. The Kier molecular flexibility index (Phi) is 4.87. The van der Waals surface area contributed by atoms with Gasteiger partial charge in [0.2, 0.25) is 0 Å². The molecule has 2 atom stereocenters. The summed E-state index contributed by atoms with van der Waals surface area (Å²) < 4.78 is 0. The highest BCUT2D eigenvalue weighted by Crippen LogP contribution is 2.28. The summed E-state index contributed by atoms with van der Waals surface area (Å²) in [6.45, 7) is 10.8. The maximum Gasteiger partial charge on any atom is -0.00256 e. The number of rotatable bonds is 4. The van der Waals surface area contributed by atoms with E-state index < -0.39 is 0 Å². The second kappa shape index (κ2) is 5.95. The Balaban J connectivity index is 2.35. The van der Waals surface area contributed by atoms with Crippen molar-refractivity contribution in [2.45, 2.75) is 46.5 Å². The third kappa shape index (κ3) is 4.51. The van der Waals surface area contributed by atoms with Gasteiger partial charge in [-0.2, -0.15) is 0 Å². The van der Waals surface area contributed by atoms with Gasteiger partial charge in [0.05, 0.1) is 0 Å². The lowest BCUT2D eigenvalue weighted by molar-refractivity contribution is 0.508. The fraction of sp³-hybridized carbons (Fsp3) is 0.600. The van der Waals surface area contributed by atoms with Gasteiger partial charge in [0.25, 0.3) is 0 Å². The first-order chi connectivity index (χ1) is 7.09. The Morgan fingerprint density at radius 1 is 1.33 bits per heavy atom. The molecule has 0 saturated carbocycles. The molecule has 0 aliphatic heterocycles. The monoisotopic (exact) mass is 204 g/mol. The van der Waals surface area contributed by atoms with Crippen LogP contribution in [-0.4, -0.2) is 0 Å². The summed E-state index contributed by atoms with van der Waals surface area (Å²) in [7, 11) is 0. The average Bonchev–Trinajstić information content (AvgIpc) is 2.18. The van der Waals surface area contributed by atoms with Crippen molar-refractivity contribution >= 4 is 0 Å². The maximum absolute atomic E-state index is 4.22. The van der Waals surface area contributed by atoms with Crippen LogP contribution in [0.5, 0.6) is 0 Å². The number of hydrogen-bond donors (Lipinski definition) is 0. The van der Waals surface area contributed by atoms with E-state index in [0.29, 0.717) is 5.92 Å². The van der Waals surface area contributed by atoms with Crippen LogP contribution in [0.15, 0.2) is 36.0 Å². The molecule has 0 amide bonds. The van der Waals surface area contributed by atoms with Crippen LogP contribution in [0, 0.1) is 11.8 Å². The lowest BCUT2D eigenvalue weighted by atomic mass is 9.84. The van der Waals surface area contributed by atoms with E-state index in [1.807, 2.05) is 0 Å². The first-order valence-electron chi connectivity index (χ1n) is 6.09. The zero-order valence-electron chi connectivity index (χ0n) is 10.4. The lowest BCUT2D eigenvalue weighted by Crippen LogP contribution is -2.08. The Hall–Kier alpha value is -0.780. The molecule has 0 N–H and O–H groups in total. The minimum absolute atomic E-state index is 0.645. The number of hydrogen-bond acceptors (Lipinski definition) is 0. The maximum atomic E-state index is 4.22. The SMILES string of the molecule is C=C(CCC=C(C)C)[C@H]1C=C[C@H](C)CC1. The fourth-order valence-corrected chi connectivity index (χ4v) is 2.03. The molecule has 15 heavy (non-hydrogen) atoms. The molecule has 0 aromatic carbocycles. The van der Waals surface area contributed by atoms with Crippen molar-refractivity contribution in [3.05, 3.63) is 36.0 Å². The van der Waals surface area contributed by atoms with Crippen LogP contribution < -0.4 is 0 Å². The molecule has 0 heterocycles. The molecule has 1 aliphatic rings.